The van der Waals surface area contributed by atoms with Crippen LogP contribution in [0.2, 0.25) is 10.2 Å². The Hall–Kier alpha value is -1.57. The van der Waals surface area contributed by atoms with E-state index < -0.39 is 11.7 Å². The molecule has 3 rings (SSSR count). The molecule has 0 amide bonds. The summed E-state index contributed by atoms with van der Waals surface area (Å²) in [6, 6.07) is 7.94. The van der Waals surface area contributed by atoms with E-state index in [2.05, 4.69) is 20.0 Å². The van der Waals surface area contributed by atoms with Crippen molar-refractivity contribution >= 4 is 29.0 Å². The van der Waals surface area contributed by atoms with Gasteiger partial charge in [0.15, 0.2) is 11.0 Å². The zero-order valence-corrected chi connectivity index (χ0v) is 16.2. The summed E-state index contributed by atoms with van der Waals surface area (Å²) in [6.45, 7) is 2.05. The highest BCUT2D eigenvalue weighted by Crippen LogP contribution is 2.35. The molecule has 0 N–H and O–H groups in total. The fourth-order valence-electron chi connectivity index (χ4n) is 3.30. The number of anilines is 1. The van der Waals surface area contributed by atoms with Crippen molar-refractivity contribution < 1.29 is 13.2 Å². The van der Waals surface area contributed by atoms with Crippen molar-refractivity contribution in [2.75, 3.05) is 25.0 Å². The SMILES string of the molecule is CN(c1ccc(Cl)nn1)C1CCN(Cc2ccc(Cl)c(C(F)(F)F)c2)CC1. The zero-order chi connectivity index (χ0) is 19.6. The number of likely N-dealkylation sites (tertiary alicyclic amines) is 1. The minimum Gasteiger partial charge on any atom is -0.355 e. The van der Waals surface area contributed by atoms with E-state index in [0.717, 1.165) is 37.8 Å². The fraction of sp³-hybridized carbons (Fsp3) is 0.444. The molecule has 0 spiro atoms. The maximum atomic E-state index is 13.0. The molecule has 2 aromatic rings. The van der Waals surface area contributed by atoms with E-state index in [-0.39, 0.29) is 5.02 Å². The van der Waals surface area contributed by atoms with E-state index >= 15 is 0 Å². The van der Waals surface area contributed by atoms with E-state index in [0.29, 0.717) is 23.3 Å². The fourth-order valence-corrected chi connectivity index (χ4v) is 3.62. The van der Waals surface area contributed by atoms with Crippen LogP contribution in [0, 0.1) is 0 Å². The van der Waals surface area contributed by atoms with Crippen LogP contribution >= 0.6 is 23.2 Å². The Morgan fingerprint density at radius 3 is 2.41 bits per heavy atom. The molecule has 1 aliphatic heterocycles. The van der Waals surface area contributed by atoms with E-state index in [9.17, 15) is 13.2 Å². The molecule has 4 nitrogen and oxygen atoms in total. The van der Waals surface area contributed by atoms with Crippen molar-refractivity contribution in [3.8, 4) is 0 Å². The third-order valence-corrected chi connectivity index (χ3v) is 5.36. The van der Waals surface area contributed by atoms with Crippen LogP contribution in [0.4, 0.5) is 19.0 Å². The molecule has 146 valence electrons. The van der Waals surface area contributed by atoms with Crippen LogP contribution in [0.5, 0.6) is 0 Å². The summed E-state index contributed by atoms with van der Waals surface area (Å²) < 4.78 is 39.0. The van der Waals surface area contributed by atoms with Crippen LogP contribution in [-0.2, 0) is 12.7 Å². The molecule has 2 heterocycles. The van der Waals surface area contributed by atoms with Gasteiger partial charge < -0.3 is 4.90 Å². The van der Waals surface area contributed by atoms with Crippen LogP contribution in [-0.4, -0.2) is 41.3 Å². The van der Waals surface area contributed by atoms with Crippen molar-refractivity contribution in [2.45, 2.75) is 31.6 Å². The van der Waals surface area contributed by atoms with Gasteiger partial charge in [0.25, 0.3) is 0 Å². The summed E-state index contributed by atoms with van der Waals surface area (Å²) in [7, 11) is 1.97. The summed E-state index contributed by atoms with van der Waals surface area (Å²) in [5, 5.41) is 8.04. The van der Waals surface area contributed by atoms with E-state index in [1.54, 1.807) is 12.1 Å². The summed E-state index contributed by atoms with van der Waals surface area (Å²) in [6.07, 6.45) is -2.66. The van der Waals surface area contributed by atoms with Gasteiger partial charge in [-0.05, 0) is 42.7 Å². The predicted octanol–water partition coefficient (Wildman–Crippen LogP) is 4.90. The first kappa shape index (κ1) is 20.2. The van der Waals surface area contributed by atoms with E-state index in [4.69, 9.17) is 23.2 Å². The van der Waals surface area contributed by atoms with Crippen LogP contribution in [0.3, 0.4) is 0 Å². The lowest BCUT2D eigenvalue weighted by Gasteiger charge is -2.37. The molecular weight excluding hydrogens is 400 g/mol. The highest BCUT2D eigenvalue weighted by molar-refractivity contribution is 6.31. The second kappa shape index (κ2) is 8.20. The third-order valence-electron chi connectivity index (χ3n) is 4.83. The minimum absolute atomic E-state index is 0.268. The number of benzene rings is 1. The van der Waals surface area contributed by atoms with Crippen molar-refractivity contribution in [3.63, 3.8) is 0 Å². The smallest absolute Gasteiger partial charge is 0.355 e. The number of rotatable bonds is 4. The predicted molar refractivity (Wildman–Crippen MR) is 100 cm³/mol. The quantitative estimate of drug-likeness (QED) is 0.706. The van der Waals surface area contributed by atoms with Crippen LogP contribution in [0.1, 0.15) is 24.0 Å². The molecule has 0 atom stereocenters. The third kappa shape index (κ3) is 5.03. The Morgan fingerprint density at radius 2 is 1.81 bits per heavy atom. The Kier molecular flexibility index (Phi) is 6.13. The first-order valence-corrected chi connectivity index (χ1v) is 9.29. The summed E-state index contributed by atoms with van der Waals surface area (Å²) in [5.41, 5.74) is -0.167. The lowest BCUT2D eigenvalue weighted by molar-refractivity contribution is -0.137. The number of alkyl halides is 3. The van der Waals surface area contributed by atoms with Gasteiger partial charge in [0, 0.05) is 32.7 Å². The molecule has 27 heavy (non-hydrogen) atoms. The van der Waals surface area contributed by atoms with E-state index in [1.807, 2.05) is 13.1 Å². The molecule has 0 radical (unpaired) electrons. The summed E-state index contributed by atoms with van der Waals surface area (Å²) >= 11 is 11.5. The van der Waals surface area contributed by atoms with Crippen LogP contribution in [0.25, 0.3) is 0 Å². The van der Waals surface area contributed by atoms with Crippen molar-refractivity contribution in [1.29, 1.82) is 0 Å². The number of aromatic nitrogens is 2. The first-order valence-electron chi connectivity index (χ1n) is 8.54. The molecule has 9 heteroatoms. The lowest BCUT2D eigenvalue weighted by Crippen LogP contribution is -2.43. The first-order chi connectivity index (χ1) is 12.7. The number of nitrogens with zero attached hydrogens (tertiary/aromatic N) is 4. The highest BCUT2D eigenvalue weighted by Gasteiger charge is 2.33. The number of piperidine rings is 1. The van der Waals surface area contributed by atoms with Crippen molar-refractivity contribution in [3.05, 3.63) is 51.6 Å². The van der Waals surface area contributed by atoms with Gasteiger partial charge in [-0.3, -0.25) is 4.90 Å². The van der Waals surface area contributed by atoms with Gasteiger partial charge >= 0.3 is 6.18 Å². The number of halogens is 5. The molecule has 1 fully saturated rings. The number of hydrogen-bond donors (Lipinski definition) is 0. The minimum atomic E-state index is -4.44. The molecule has 1 aromatic carbocycles. The Morgan fingerprint density at radius 1 is 1.11 bits per heavy atom. The second-order valence-electron chi connectivity index (χ2n) is 6.64. The van der Waals surface area contributed by atoms with Crippen LogP contribution < -0.4 is 4.90 Å². The Labute approximate surface area is 165 Å². The maximum absolute atomic E-state index is 13.0. The Bertz CT molecular complexity index is 775. The van der Waals surface area contributed by atoms with Gasteiger partial charge in [0.05, 0.1) is 10.6 Å². The Balaban J connectivity index is 1.59. The summed E-state index contributed by atoms with van der Waals surface area (Å²) in [5.74, 6) is 0.755. The highest BCUT2D eigenvalue weighted by atomic mass is 35.5. The van der Waals surface area contributed by atoms with Gasteiger partial charge in [-0.2, -0.15) is 13.2 Å². The average Bonchev–Trinajstić information content (AvgIpc) is 2.63. The normalized spacial score (nSPS) is 16.5. The monoisotopic (exact) mass is 418 g/mol. The molecule has 1 saturated heterocycles. The topological polar surface area (TPSA) is 32.3 Å². The summed E-state index contributed by atoms with van der Waals surface area (Å²) in [4.78, 5) is 4.23. The molecule has 0 bridgehead atoms. The van der Waals surface area contributed by atoms with Gasteiger partial charge in [-0.1, -0.05) is 29.3 Å². The number of hydrogen-bond acceptors (Lipinski definition) is 4. The average molecular weight is 419 g/mol. The van der Waals surface area contributed by atoms with Crippen molar-refractivity contribution in [1.82, 2.24) is 15.1 Å². The molecule has 1 aromatic heterocycles. The van der Waals surface area contributed by atoms with Gasteiger partial charge in [-0.25, -0.2) is 0 Å². The maximum Gasteiger partial charge on any atom is 0.417 e. The molecule has 0 saturated carbocycles. The molecule has 1 aliphatic rings. The second-order valence-corrected chi connectivity index (χ2v) is 7.44. The van der Waals surface area contributed by atoms with Crippen LogP contribution in [0.15, 0.2) is 30.3 Å². The van der Waals surface area contributed by atoms with Gasteiger partial charge in [0.2, 0.25) is 0 Å². The van der Waals surface area contributed by atoms with Crippen molar-refractivity contribution in [2.24, 2.45) is 0 Å². The van der Waals surface area contributed by atoms with Gasteiger partial charge in [-0.15, -0.1) is 10.2 Å². The lowest BCUT2D eigenvalue weighted by atomic mass is 10.0. The molecule has 0 unspecified atom stereocenters. The molecular formula is C18H19Cl2F3N4. The van der Waals surface area contributed by atoms with Gasteiger partial charge in [0.1, 0.15) is 0 Å². The standard InChI is InChI=1S/C18H19Cl2F3N4/c1-26(17-5-4-16(20)24-25-17)13-6-8-27(9-7-13)11-12-2-3-15(19)14(10-12)18(21,22)23/h2-5,10,13H,6-9,11H2,1H3. The van der Waals surface area contributed by atoms with E-state index in [1.165, 1.54) is 6.07 Å². The zero-order valence-electron chi connectivity index (χ0n) is 14.7. The molecule has 0 aliphatic carbocycles. The largest absolute Gasteiger partial charge is 0.417 e.